The van der Waals surface area contributed by atoms with E-state index in [1.807, 2.05) is 12.3 Å². The zero-order valence-corrected chi connectivity index (χ0v) is 9.30. The van der Waals surface area contributed by atoms with Crippen molar-refractivity contribution in [1.29, 1.82) is 0 Å². The van der Waals surface area contributed by atoms with Gasteiger partial charge in [-0.3, -0.25) is 9.69 Å². The predicted molar refractivity (Wildman–Crippen MR) is 55.5 cm³/mol. The molecule has 2 rings (SSSR count). The lowest BCUT2D eigenvalue weighted by molar-refractivity contribution is -0.126. The first-order valence-electron chi connectivity index (χ1n) is 4.61. The Bertz CT molecular complexity index is 399. The molecule has 15 heavy (non-hydrogen) atoms. The summed E-state index contributed by atoms with van der Waals surface area (Å²) in [5.41, 5.74) is 0.911. The van der Waals surface area contributed by atoms with Crippen molar-refractivity contribution in [3.63, 3.8) is 0 Å². The first-order valence-corrected chi connectivity index (χ1v) is 5.49. The molecule has 0 spiro atoms. The fourth-order valence-corrected chi connectivity index (χ4v) is 2.34. The number of nitrogens with zero attached hydrogens (tertiary/aromatic N) is 2. The fourth-order valence-electron chi connectivity index (χ4n) is 1.50. The summed E-state index contributed by atoms with van der Waals surface area (Å²) in [6.07, 6.45) is 0. The van der Waals surface area contributed by atoms with Gasteiger partial charge in [-0.05, 0) is 13.8 Å². The first kappa shape index (κ1) is 10.1. The number of aryl methyl sites for hydroxylation is 1. The highest BCUT2D eigenvalue weighted by molar-refractivity contribution is 7.09. The Morgan fingerprint density at radius 3 is 2.80 bits per heavy atom. The van der Waals surface area contributed by atoms with Crippen molar-refractivity contribution < 1.29 is 9.59 Å². The second-order valence-corrected chi connectivity index (χ2v) is 4.32. The van der Waals surface area contributed by atoms with Crippen LogP contribution in [0.4, 0.5) is 4.79 Å². The lowest BCUT2D eigenvalue weighted by Crippen LogP contribution is -2.33. The molecule has 1 unspecified atom stereocenters. The number of carbonyl (C=O) groups is 2. The summed E-state index contributed by atoms with van der Waals surface area (Å²) >= 11 is 1.46. The number of nitrogens with one attached hydrogen (secondary N) is 1. The van der Waals surface area contributed by atoms with Crippen molar-refractivity contribution in [1.82, 2.24) is 15.2 Å². The number of hydrogen-bond acceptors (Lipinski definition) is 4. The van der Waals surface area contributed by atoms with Crippen molar-refractivity contribution >= 4 is 23.3 Å². The van der Waals surface area contributed by atoms with Gasteiger partial charge in [-0.2, -0.15) is 0 Å². The monoisotopic (exact) mass is 225 g/mol. The molecule has 1 aromatic rings. The minimum atomic E-state index is -0.333. The molecular formula is C9H11N3O2S. The smallest absolute Gasteiger partial charge is 0.325 e. The van der Waals surface area contributed by atoms with Crippen LogP contribution in [0.1, 0.15) is 23.7 Å². The van der Waals surface area contributed by atoms with E-state index in [2.05, 4.69) is 10.3 Å². The van der Waals surface area contributed by atoms with Crippen LogP contribution in [0.2, 0.25) is 0 Å². The minimum Gasteiger partial charge on any atom is -0.329 e. The third kappa shape index (κ3) is 1.72. The molecule has 1 aromatic heterocycles. The molecule has 0 aliphatic carbocycles. The van der Waals surface area contributed by atoms with Crippen LogP contribution in [-0.2, 0) is 4.79 Å². The molecule has 80 valence electrons. The van der Waals surface area contributed by atoms with Crippen LogP contribution < -0.4 is 5.32 Å². The Morgan fingerprint density at radius 1 is 1.60 bits per heavy atom. The Kier molecular flexibility index (Phi) is 2.44. The fraction of sp³-hybridized carbons (Fsp3) is 0.444. The average Bonchev–Trinajstić information content (AvgIpc) is 2.73. The largest absolute Gasteiger partial charge is 0.329 e. The average molecular weight is 225 g/mol. The summed E-state index contributed by atoms with van der Waals surface area (Å²) < 4.78 is 0. The van der Waals surface area contributed by atoms with E-state index in [0.29, 0.717) is 0 Å². The standard InChI is InChI=1S/C9H11N3O2S/c1-5-4-15-8(11-5)6(2)12-7(13)3-10-9(12)14/h4,6H,3H2,1-2H3,(H,10,14). The van der Waals surface area contributed by atoms with Gasteiger partial charge < -0.3 is 5.32 Å². The normalized spacial score (nSPS) is 18.1. The number of aromatic nitrogens is 1. The van der Waals surface area contributed by atoms with E-state index in [1.54, 1.807) is 6.92 Å². The molecule has 3 amide bonds. The Morgan fingerprint density at radius 2 is 2.33 bits per heavy atom. The molecule has 6 heteroatoms. The summed E-state index contributed by atoms with van der Waals surface area (Å²) in [5, 5.41) is 5.19. The summed E-state index contributed by atoms with van der Waals surface area (Å²) in [6, 6.07) is -0.612. The number of amides is 3. The van der Waals surface area contributed by atoms with E-state index >= 15 is 0 Å². The summed E-state index contributed by atoms with van der Waals surface area (Å²) in [4.78, 5) is 28.3. The molecule has 1 N–H and O–H groups in total. The van der Waals surface area contributed by atoms with Crippen molar-refractivity contribution in [3.8, 4) is 0 Å². The topological polar surface area (TPSA) is 62.3 Å². The molecule has 0 radical (unpaired) electrons. The van der Waals surface area contributed by atoms with Crippen LogP contribution >= 0.6 is 11.3 Å². The van der Waals surface area contributed by atoms with E-state index in [1.165, 1.54) is 16.2 Å². The van der Waals surface area contributed by atoms with E-state index in [0.717, 1.165) is 10.7 Å². The van der Waals surface area contributed by atoms with Crippen LogP contribution in [0, 0.1) is 6.92 Å². The number of hydrogen-bond donors (Lipinski definition) is 1. The molecule has 1 aliphatic rings. The van der Waals surface area contributed by atoms with Crippen LogP contribution in [0.15, 0.2) is 5.38 Å². The van der Waals surface area contributed by atoms with E-state index < -0.39 is 0 Å². The van der Waals surface area contributed by atoms with Crippen molar-refractivity contribution in [3.05, 3.63) is 16.1 Å². The lowest BCUT2D eigenvalue weighted by atomic mass is 10.3. The molecule has 5 nitrogen and oxygen atoms in total. The van der Waals surface area contributed by atoms with Crippen LogP contribution in [0.3, 0.4) is 0 Å². The van der Waals surface area contributed by atoms with Gasteiger partial charge in [0.2, 0.25) is 0 Å². The first-order chi connectivity index (χ1) is 7.09. The second-order valence-electron chi connectivity index (χ2n) is 3.43. The van der Waals surface area contributed by atoms with Crippen LogP contribution in [0.25, 0.3) is 0 Å². The molecule has 0 bridgehead atoms. The lowest BCUT2D eigenvalue weighted by Gasteiger charge is -2.18. The summed E-state index contributed by atoms with van der Waals surface area (Å²) in [6.45, 7) is 3.78. The summed E-state index contributed by atoms with van der Waals surface area (Å²) in [5.74, 6) is -0.194. The third-order valence-electron chi connectivity index (χ3n) is 2.26. The number of thiazole rings is 1. The second kappa shape index (κ2) is 3.62. The SMILES string of the molecule is Cc1csc(C(C)N2C(=O)CNC2=O)n1. The third-order valence-corrected chi connectivity index (χ3v) is 3.39. The van der Waals surface area contributed by atoms with Crippen molar-refractivity contribution in [2.75, 3.05) is 6.54 Å². The van der Waals surface area contributed by atoms with Gasteiger partial charge in [-0.25, -0.2) is 9.78 Å². The van der Waals surface area contributed by atoms with Gasteiger partial charge in [0.05, 0.1) is 12.6 Å². The maximum atomic E-state index is 11.4. The number of rotatable bonds is 2. The molecule has 0 saturated carbocycles. The molecule has 2 heterocycles. The molecular weight excluding hydrogens is 214 g/mol. The summed E-state index contributed by atoms with van der Waals surface area (Å²) in [7, 11) is 0. The highest BCUT2D eigenvalue weighted by Gasteiger charge is 2.34. The molecule has 1 atom stereocenters. The van der Waals surface area contributed by atoms with Gasteiger partial charge in [0, 0.05) is 11.1 Å². The molecule has 0 aromatic carbocycles. The predicted octanol–water partition coefficient (Wildman–Crippen LogP) is 1.06. The molecule has 1 aliphatic heterocycles. The zero-order valence-electron chi connectivity index (χ0n) is 8.48. The van der Waals surface area contributed by atoms with E-state index in [4.69, 9.17) is 0 Å². The Labute approximate surface area is 91.1 Å². The minimum absolute atomic E-state index is 0.0908. The van der Waals surface area contributed by atoms with Gasteiger partial charge in [0.1, 0.15) is 5.01 Å². The van der Waals surface area contributed by atoms with Gasteiger partial charge >= 0.3 is 6.03 Å². The molecule has 1 fully saturated rings. The number of imide groups is 1. The maximum absolute atomic E-state index is 11.4. The highest BCUT2D eigenvalue weighted by Crippen LogP contribution is 2.25. The van der Waals surface area contributed by atoms with E-state index in [9.17, 15) is 9.59 Å². The quantitative estimate of drug-likeness (QED) is 0.766. The Hall–Kier alpha value is -1.43. The highest BCUT2D eigenvalue weighted by atomic mass is 32.1. The van der Waals surface area contributed by atoms with Crippen LogP contribution in [0.5, 0.6) is 0 Å². The van der Waals surface area contributed by atoms with Gasteiger partial charge in [0.15, 0.2) is 0 Å². The maximum Gasteiger partial charge on any atom is 0.325 e. The van der Waals surface area contributed by atoms with Crippen LogP contribution in [-0.4, -0.2) is 28.4 Å². The number of carbonyl (C=O) groups excluding carboxylic acids is 2. The van der Waals surface area contributed by atoms with Crippen molar-refractivity contribution in [2.24, 2.45) is 0 Å². The Balaban J connectivity index is 2.24. The van der Waals surface area contributed by atoms with Gasteiger partial charge in [-0.1, -0.05) is 0 Å². The van der Waals surface area contributed by atoms with Gasteiger partial charge in [-0.15, -0.1) is 11.3 Å². The number of urea groups is 1. The van der Waals surface area contributed by atoms with Gasteiger partial charge in [0.25, 0.3) is 5.91 Å². The zero-order chi connectivity index (χ0) is 11.0. The van der Waals surface area contributed by atoms with Crippen molar-refractivity contribution in [2.45, 2.75) is 19.9 Å². The van der Waals surface area contributed by atoms with E-state index in [-0.39, 0.29) is 24.5 Å². The molecule has 1 saturated heterocycles.